The Morgan fingerprint density at radius 2 is 2.18 bits per heavy atom. The summed E-state index contributed by atoms with van der Waals surface area (Å²) in [6.45, 7) is 0. The van der Waals surface area contributed by atoms with Crippen molar-refractivity contribution in [3.8, 4) is 5.88 Å². The minimum absolute atomic E-state index is 0.418. The van der Waals surface area contributed by atoms with E-state index in [1.165, 1.54) is 13.4 Å². The summed E-state index contributed by atoms with van der Waals surface area (Å²) < 4.78 is 4.97. The van der Waals surface area contributed by atoms with Crippen LogP contribution in [0.4, 0.5) is 5.82 Å². The van der Waals surface area contributed by atoms with Crippen LogP contribution in [0.3, 0.4) is 0 Å². The molecule has 6 heteroatoms. The number of aliphatic carboxylic acids is 1. The van der Waals surface area contributed by atoms with Gasteiger partial charge in [0.1, 0.15) is 17.7 Å². The molecule has 0 bridgehead atoms. The van der Waals surface area contributed by atoms with Crippen molar-refractivity contribution in [3.05, 3.63) is 12.4 Å². The van der Waals surface area contributed by atoms with Crippen LogP contribution in [0, 0.1) is 0 Å². The number of hydrogen-bond donors (Lipinski definition) is 2. The lowest BCUT2D eigenvalue weighted by Crippen LogP contribution is -2.43. The molecule has 1 heterocycles. The number of hydrogen-bond acceptors (Lipinski definition) is 5. The maximum atomic E-state index is 11.3. The van der Waals surface area contributed by atoms with Gasteiger partial charge in [-0.15, -0.1) is 0 Å². The Hall–Kier alpha value is -1.85. The minimum atomic E-state index is -0.890. The highest BCUT2D eigenvalue weighted by Gasteiger charge is 2.41. The maximum absolute atomic E-state index is 11.3. The van der Waals surface area contributed by atoms with Crippen LogP contribution in [0.2, 0.25) is 0 Å². The van der Waals surface area contributed by atoms with Crippen LogP contribution in [0.15, 0.2) is 12.4 Å². The first-order valence-electron chi connectivity index (χ1n) is 5.54. The molecule has 0 spiro atoms. The molecule has 92 valence electrons. The van der Waals surface area contributed by atoms with Crippen LogP contribution in [0.25, 0.3) is 0 Å². The van der Waals surface area contributed by atoms with E-state index in [4.69, 9.17) is 4.74 Å². The highest BCUT2D eigenvalue weighted by molar-refractivity contribution is 5.82. The molecule has 1 aromatic heterocycles. The molecule has 0 unspecified atom stereocenters. The molecule has 0 aromatic carbocycles. The van der Waals surface area contributed by atoms with Gasteiger partial charge in [-0.25, -0.2) is 14.8 Å². The summed E-state index contributed by atoms with van der Waals surface area (Å²) in [4.78, 5) is 19.2. The Balaban J connectivity index is 2.20. The Labute approximate surface area is 99.0 Å². The van der Waals surface area contributed by atoms with Gasteiger partial charge >= 0.3 is 5.97 Å². The van der Waals surface area contributed by atoms with Crippen LogP contribution >= 0.6 is 0 Å². The Bertz CT molecular complexity index is 416. The normalized spacial score (nSPS) is 17.7. The summed E-state index contributed by atoms with van der Waals surface area (Å²) in [7, 11) is 1.51. The van der Waals surface area contributed by atoms with Gasteiger partial charge in [-0.1, -0.05) is 12.8 Å². The van der Waals surface area contributed by atoms with Crippen molar-refractivity contribution < 1.29 is 14.6 Å². The SMILES string of the molecule is COc1cc(NC2(C(=O)O)CCCC2)ncn1. The molecule has 0 aliphatic heterocycles. The molecule has 0 radical (unpaired) electrons. The number of carbonyl (C=O) groups is 1. The van der Waals surface area contributed by atoms with Crippen LogP contribution in [0.1, 0.15) is 25.7 Å². The van der Waals surface area contributed by atoms with E-state index < -0.39 is 11.5 Å². The lowest BCUT2D eigenvalue weighted by molar-refractivity contribution is -0.142. The average molecular weight is 237 g/mol. The molecular formula is C11H15N3O3. The van der Waals surface area contributed by atoms with Crippen LogP contribution in [-0.4, -0.2) is 33.7 Å². The molecule has 2 N–H and O–H groups in total. The van der Waals surface area contributed by atoms with Crippen molar-refractivity contribution in [3.63, 3.8) is 0 Å². The highest BCUT2D eigenvalue weighted by Crippen LogP contribution is 2.33. The number of carboxylic acids is 1. The first-order chi connectivity index (χ1) is 8.16. The summed E-state index contributed by atoms with van der Waals surface area (Å²) in [5, 5.41) is 12.3. The van der Waals surface area contributed by atoms with E-state index >= 15 is 0 Å². The number of nitrogens with zero attached hydrogens (tertiary/aromatic N) is 2. The van der Waals surface area contributed by atoms with Crippen LogP contribution in [0.5, 0.6) is 5.88 Å². The monoisotopic (exact) mass is 237 g/mol. The minimum Gasteiger partial charge on any atom is -0.481 e. The fraction of sp³-hybridized carbons (Fsp3) is 0.545. The maximum Gasteiger partial charge on any atom is 0.329 e. The highest BCUT2D eigenvalue weighted by atomic mass is 16.5. The number of aromatic nitrogens is 2. The van der Waals surface area contributed by atoms with Gasteiger partial charge in [-0.3, -0.25) is 0 Å². The summed E-state index contributed by atoms with van der Waals surface area (Å²) in [6, 6.07) is 1.60. The fourth-order valence-corrected chi connectivity index (χ4v) is 2.14. The number of methoxy groups -OCH3 is 1. The number of rotatable bonds is 4. The van der Waals surface area contributed by atoms with Gasteiger partial charge in [0.25, 0.3) is 0 Å². The second-order valence-electron chi connectivity index (χ2n) is 4.16. The molecule has 1 saturated carbocycles. The van der Waals surface area contributed by atoms with Gasteiger partial charge in [0.15, 0.2) is 0 Å². The van der Waals surface area contributed by atoms with E-state index in [2.05, 4.69) is 15.3 Å². The van der Waals surface area contributed by atoms with Crippen molar-refractivity contribution in [1.82, 2.24) is 9.97 Å². The predicted octanol–water partition coefficient (Wildman–Crippen LogP) is 1.29. The van der Waals surface area contributed by atoms with E-state index in [-0.39, 0.29) is 0 Å². The molecule has 6 nitrogen and oxygen atoms in total. The van der Waals surface area contributed by atoms with Gasteiger partial charge in [0, 0.05) is 6.07 Å². The van der Waals surface area contributed by atoms with E-state index in [1.54, 1.807) is 6.07 Å². The second-order valence-corrected chi connectivity index (χ2v) is 4.16. The molecule has 2 rings (SSSR count). The van der Waals surface area contributed by atoms with Gasteiger partial charge in [0.2, 0.25) is 5.88 Å². The standard InChI is InChI=1S/C11H15N3O3/c1-17-9-6-8(12-7-13-9)14-11(10(15)16)4-2-3-5-11/h6-7H,2-5H2,1H3,(H,15,16)(H,12,13,14). The predicted molar refractivity (Wildman–Crippen MR) is 61.0 cm³/mol. The smallest absolute Gasteiger partial charge is 0.329 e. The third-order valence-corrected chi connectivity index (χ3v) is 3.08. The molecular weight excluding hydrogens is 222 g/mol. The van der Waals surface area contributed by atoms with E-state index in [0.29, 0.717) is 24.5 Å². The molecule has 1 aromatic rings. The number of carboxylic acid groups (broad SMARTS) is 1. The van der Waals surface area contributed by atoms with Crippen LogP contribution < -0.4 is 10.1 Å². The van der Waals surface area contributed by atoms with Gasteiger partial charge in [-0.2, -0.15) is 0 Å². The molecule has 0 saturated heterocycles. The topological polar surface area (TPSA) is 84.3 Å². The summed E-state index contributed by atoms with van der Waals surface area (Å²) in [6.07, 6.45) is 4.43. The third kappa shape index (κ3) is 2.30. The van der Waals surface area contributed by atoms with Crippen molar-refractivity contribution >= 4 is 11.8 Å². The molecule has 0 amide bonds. The fourth-order valence-electron chi connectivity index (χ4n) is 2.14. The zero-order chi connectivity index (χ0) is 12.3. The molecule has 1 aliphatic carbocycles. The quantitative estimate of drug-likeness (QED) is 0.821. The molecule has 1 fully saturated rings. The van der Waals surface area contributed by atoms with Crippen molar-refractivity contribution in [1.29, 1.82) is 0 Å². The Kier molecular flexibility index (Phi) is 3.12. The lowest BCUT2D eigenvalue weighted by atomic mass is 9.98. The zero-order valence-corrected chi connectivity index (χ0v) is 9.64. The van der Waals surface area contributed by atoms with Crippen molar-refractivity contribution in [2.24, 2.45) is 0 Å². The summed E-state index contributed by atoms with van der Waals surface area (Å²) >= 11 is 0. The van der Waals surface area contributed by atoms with Gasteiger partial charge in [0.05, 0.1) is 7.11 Å². The first-order valence-corrected chi connectivity index (χ1v) is 5.54. The van der Waals surface area contributed by atoms with Gasteiger partial charge in [-0.05, 0) is 12.8 Å². The van der Waals surface area contributed by atoms with Gasteiger partial charge < -0.3 is 15.2 Å². The number of nitrogens with one attached hydrogen (secondary N) is 1. The third-order valence-electron chi connectivity index (χ3n) is 3.08. The zero-order valence-electron chi connectivity index (χ0n) is 9.64. The second kappa shape index (κ2) is 4.57. The van der Waals surface area contributed by atoms with E-state index in [9.17, 15) is 9.90 Å². The Morgan fingerprint density at radius 1 is 1.47 bits per heavy atom. The Morgan fingerprint density at radius 3 is 2.76 bits per heavy atom. The van der Waals surface area contributed by atoms with Crippen molar-refractivity contribution in [2.75, 3.05) is 12.4 Å². The molecule has 1 aliphatic rings. The number of anilines is 1. The van der Waals surface area contributed by atoms with E-state index in [0.717, 1.165) is 12.8 Å². The largest absolute Gasteiger partial charge is 0.481 e. The molecule has 0 atom stereocenters. The average Bonchev–Trinajstić information content (AvgIpc) is 2.79. The summed E-state index contributed by atoms with van der Waals surface area (Å²) in [5.74, 6) is 0.0785. The van der Waals surface area contributed by atoms with Crippen molar-refractivity contribution in [2.45, 2.75) is 31.2 Å². The lowest BCUT2D eigenvalue weighted by Gasteiger charge is -2.25. The first kappa shape index (κ1) is 11.6. The van der Waals surface area contributed by atoms with E-state index in [1.807, 2.05) is 0 Å². The molecule has 17 heavy (non-hydrogen) atoms. The summed E-state index contributed by atoms with van der Waals surface area (Å²) in [5.41, 5.74) is -0.890. The number of ether oxygens (including phenoxy) is 1. The van der Waals surface area contributed by atoms with Crippen LogP contribution in [-0.2, 0) is 4.79 Å².